The van der Waals surface area contributed by atoms with Gasteiger partial charge in [-0.25, -0.2) is 0 Å². The van der Waals surface area contributed by atoms with Crippen molar-refractivity contribution >= 4 is 16.3 Å². The summed E-state index contributed by atoms with van der Waals surface area (Å²) in [6, 6.07) is 7.32. The molecular weight excluding hydrogens is 369 g/mol. The summed E-state index contributed by atoms with van der Waals surface area (Å²) in [4.78, 5) is 13.2. The number of aryl methyl sites for hydroxylation is 1. The van der Waals surface area contributed by atoms with Gasteiger partial charge in [0.25, 0.3) is 0 Å². The molecule has 0 aromatic heterocycles. The highest BCUT2D eigenvalue weighted by atomic mass is 28.2. The Morgan fingerprint density at radius 2 is 1.63 bits per heavy atom. The average Bonchev–Trinajstić information content (AvgIpc) is 2.66. The standard InChI is InChI=1S/C21H20F3O2Si/c1-4-12-11-17-18(14(6-3)13(12)5-2)19(25)15-9-7-8-10-16(15)20(17,26-27)21(22,23)24/h7-11H,4-6H2,1-3H3. The predicted octanol–water partition coefficient (Wildman–Crippen LogP) is 4.82. The van der Waals surface area contributed by atoms with Gasteiger partial charge in [0.05, 0.1) is 0 Å². The summed E-state index contributed by atoms with van der Waals surface area (Å²) in [5.41, 5.74) is -0.428. The van der Waals surface area contributed by atoms with Crippen LogP contribution in [0.2, 0.25) is 0 Å². The molecule has 1 aliphatic carbocycles. The lowest BCUT2D eigenvalue weighted by Crippen LogP contribution is -2.50. The highest BCUT2D eigenvalue weighted by Crippen LogP contribution is 2.53. The van der Waals surface area contributed by atoms with Gasteiger partial charge in [-0.1, -0.05) is 51.1 Å². The molecule has 0 saturated heterocycles. The molecule has 3 radical (unpaired) electrons. The molecule has 2 nitrogen and oxygen atoms in total. The van der Waals surface area contributed by atoms with Gasteiger partial charge >= 0.3 is 6.18 Å². The molecule has 0 heterocycles. The average molecular weight is 389 g/mol. The van der Waals surface area contributed by atoms with Gasteiger partial charge in [-0.2, -0.15) is 13.2 Å². The number of fused-ring (bicyclic) bond motifs is 2. The van der Waals surface area contributed by atoms with E-state index in [1.54, 1.807) is 6.07 Å². The van der Waals surface area contributed by atoms with Crippen LogP contribution in [0.5, 0.6) is 0 Å². The van der Waals surface area contributed by atoms with Crippen LogP contribution in [0.3, 0.4) is 0 Å². The predicted molar refractivity (Wildman–Crippen MR) is 98.1 cm³/mol. The summed E-state index contributed by atoms with van der Waals surface area (Å²) in [5.74, 6) is -0.376. The summed E-state index contributed by atoms with van der Waals surface area (Å²) in [6.45, 7) is 5.73. The molecule has 0 bridgehead atoms. The minimum atomic E-state index is -4.76. The lowest BCUT2D eigenvalue weighted by Gasteiger charge is -2.41. The normalized spacial score (nSPS) is 19.0. The SMILES string of the molecule is CCc1cc2c(c(CC)c1CC)C(=O)c1ccccc1C2(O[Si])C(F)(F)F. The third kappa shape index (κ3) is 2.61. The minimum absolute atomic E-state index is 0.0292. The first-order chi connectivity index (χ1) is 12.8. The van der Waals surface area contributed by atoms with Crippen molar-refractivity contribution in [3.8, 4) is 0 Å². The van der Waals surface area contributed by atoms with E-state index >= 15 is 0 Å². The van der Waals surface area contributed by atoms with E-state index in [1.165, 1.54) is 24.3 Å². The molecule has 0 fully saturated rings. The summed E-state index contributed by atoms with van der Waals surface area (Å²) in [6.07, 6.45) is -3.05. The van der Waals surface area contributed by atoms with Gasteiger partial charge in [0, 0.05) is 22.3 Å². The lowest BCUT2D eigenvalue weighted by molar-refractivity contribution is -0.237. The summed E-state index contributed by atoms with van der Waals surface area (Å²) >= 11 is 0. The zero-order valence-corrected chi connectivity index (χ0v) is 16.5. The Morgan fingerprint density at radius 3 is 2.15 bits per heavy atom. The maximum Gasteiger partial charge on any atom is 0.425 e. The van der Waals surface area contributed by atoms with Gasteiger partial charge < -0.3 is 4.43 Å². The van der Waals surface area contributed by atoms with E-state index in [4.69, 9.17) is 4.43 Å². The van der Waals surface area contributed by atoms with E-state index in [0.717, 1.165) is 11.1 Å². The number of ketones is 1. The highest BCUT2D eigenvalue weighted by molar-refractivity contribution is 6.14. The molecule has 6 heteroatoms. The lowest BCUT2D eigenvalue weighted by atomic mass is 9.70. The van der Waals surface area contributed by atoms with Crippen LogP contribution in [0.1, 0.15) is 64.5 Å². The van der Waals surface area contributed by atoms with Crippen molar-refractivity contribution in [2.75, 3.05) is 0 Å². The third-order valence-corrected chi connectivity index (χ3v) is 5.75. The highest BCUT2D eigenvalue weighted by Gasteiger charge is 2.62. The second-order valence-corrected chi connectivity index (χ2v) is 6.84. The van der Waals surface area contributed by atoms with Crippen LogP contribution in [-0.4, -0.2) is 22.4 Å². The minimum Gasteiger partial charge on any atom is -0.398 e. The van der Waals surface area contributed by atoms with Crippen LogP contribution in [0.25, 0.3) is 0 Å². The second-order valence-electron chi connectivity index (χ2n) is 6.63. The number of carbonyl (C=O) groups excluding carboxylic acids is 1. The summed E-state index contributed by atoms with van der Waals surface area (Å²) in [5, 5.41) is 0. The van der Waals surface area contributed by atoms with Gasteiger partial charge in [-0.05, 0) is 36.0 Å². The van der Waals surface area contributed by atoms with Crippen molar-refractivity contribution < 1.29 is 22.4 Å². The monoisotopic (exact) mass is 389 g/mol. The first kappa shape index (κ1) is 19.8. The van der Waals surface area contributed by atoms with Crippen molar-refractivity contribution in [3.63, 3.8) is 0 Å². The topological polar surface area (TPSA) is 26.3 Å². The van der Waals surface area contributed by atoms with Gasteiger partial charge in [0.1, 0.15) is 0 Å². The zero-order chi connectivity index (χ0) is 20.0. The Labute approximate surface area is 160 Å². The van der Waals surface area contributed by atoms with E-state index in [9.17, 15) is 18.0 Å². The molecular formula is C21H20F3O2Si. The maximum absolute atomic E-state index is 14.5. The second kappa shape index (κ2) is 6.91. The summed E-state index contributed by atoms with van der Waals surface area (Å²) < 4.78 is 48.4. The molecule has 3 rings (SSSR count). The van der Waals surface area contributed by atoms with Crippen LogP contribution in [-0.2, 0) is 29.3 Å². The molecule has 1 unspecified atom stereocenters. The number of hydrogen-bond acceptors (Lipinski definition) is 2. The van der Waals surface area contributed by atoms with Gasteiger partial charge in [0.2, 0.25) is 16.1 Å². The van der Waals surface area contributed by atoms with E-state index in [1.807, 2.05) is 20.8 Å². The fourth-order valence-corrected chi connectivity index (χ4v) is 4.60. The first-order valence-corrected chi connectivity index (χ1v) is 9.42. The molecule has 1 aliphatic rings. The Kier molecular flexibility index (Phi) is 5.07. The molecule has 27 heavy (non-hydrogen) atoms. The van der Waals surface area contributed by atoms with E-state index in [0.29, 0.717) is 24.8 Å². The van der Waals surface area contributed by atoms with Crippen molar-refractivity contribution in [3.05, 3.63) is 69.3 Å². The Bertz CT molecular complexity index is 905. The molecule has 0 N–H and O–H groups in total. The molecule has 0 saturated carbocycles. The molecule has 2 aromatic carbocycles. The Morgan fingerprint density at radius 1 is 1.00 bits per heavy atom. The van der Waals surface area contributed by atoms with Gasteiger partial charge in [-0.15, -0.1) is 0 Å². The first-order valence-electron chi connectivity index (χ1n) is 9.02. The number of alkyl halides is 3. The van der Waals surface area contributed by atoms with Crippen molar-refractivity contribution in [1.29, 1.82) is 0 Å². The van der Waals surface area contributed by atoms with Crippen LogP contribution in [0, 0.1) is 0 Å². The molecule has 0 spiro atoms. The molecule has 2 aromatic rings. The van der Waals surface area contributed by atoms with Gasteiger partial charge in [0.15, 0.2) is 5.78 Å². The number of carbonyl (C=O) groups is 1. The molecule has 141 valence electrons. The van der Waals surface area contributed by atoms with E-state index in [-0.39, 0.29) is 28.0 Å². The number of rotatable bonds is 4. The van der Waals surface area contributed by atoms with Crippen LogP contribution < -0.4 is 0 Å². The number of benzene rings is 2. The van der Waals surface area contributed by atoms with Gasteiger partial charge in [-0.3, -0.25) is 4.79 Å². The Hall–Kier alpha value is -1.92. The molecule has 0 aliphatic heterocycles. The Balaban J connectivity index is 2.55. The van der Waals surface area contributed by atoms with Crippen LogP contribution in [0.15, 0.2) is 30.3 Å². The smallest absolute Gasteiger partial charge is 0.398 e. The molecule has 0 amide bonds. The zero-order valence-electron chi connectivity index (χ0n) is 15.5. The largest absolute Gasteiger partial charge is 0.425 e. The van der Waals surface area contributed by atoms with Crippen molar-refractivity contribution in [1.82, 2.24) is 0 Å². The van der Waals surface area contributed by atoms with Crippen LogP contribution in [0.4, 0.5) is 13.2 Å². The fourth-order valence-electron chi connectivity index (χ4n) is 4.26. The van der Waals surface area contributed by atoms with Crippen molar-refractivity contribution in [2.24, 2.45) is 0 Å². The van der Waals surface area contributed by atoms with Crippen molar-refractivity contribution in [2.45, 2.75) is 51.8 Å². The fraction of sp³-hybridized carbons (Fsp3) is 0.381. The quantitative estimate of drug-likeness (QED) is 0.701. The third-order valence-electron chi connectivity index (χ3n) is 5.44. The van der Waals surface area contributed by atoms with E-state index in [2.05, 4.69) is 10.5 Å². The number of halogens is 3. The summed E-state index contributed by atoms with van der Waals surface area (Å²) in [7, 11) is 2.72. The molecule has 1 atom stereocenters. The van der Waals surface area contributed by atoms with E-state index < -0.39 is 11.8 Å². The maximum atomic E-state index is 14.5. The number of hydrogen-bond donors (Lipinski definition) is 0. The van der Waals surface area contributed by atoms with Crippen LogP contribution >= 0.6 is 0 Å².